The number of alkyl halides is 2. The van der Waals surface area contributed by atoms with Gasteiger partial charge in [0.15, 0.2) is 5.11 Å². The third kappa shape index (κ3) is 4.25. The van der Waals surface area contributed by atoms with Crippen molar-refractivity contribution in [3.63, 3.8) is 0 Å². The number of hydrogen-bond donors (Lipinski definition) is 2. The van der Waals surface area contributed by atoms with Crippen LogP contribution in [0.25, 0.3) is 0 Å². The number of halogens is 2. The molecule has 0 saturated carbocycles. The summed E-state index contributed by atoms with van der Waals surface area (Å²) in [6, 6.07) is 5.72. The normalized spacial score (nSPS) is 20.0. The Hall–Kier alpha value is -2.22. The van der Waals surface area contributed by atoms with E-state index in [0.29, 0.717) is 24.4 Å². The lowest BCUT2D eigenvalue weighted by molar-refractivity contribution is -0.135. The van der Waals surface area contributed by atoms with Crippen LogP contribution in [0.3, 0.4) is 0 Å². The van der Waals surface area contributed by atoms with E-state index in [1.54, 1.807) is 23.1 Å². The summed E-state index contributed by atoms with van der Waals surface area (Å²) in [5.74, 6) is -0.854. The Balaban J connectivity index is 2.46. The molecule has 1 aliphatic heterocycles. The fraction of sp³-hybridized carbons (Fsp3) is 0.412. The highest BCUT2D eigenvalue weighted by Crippen LogP contribution is 2.36. The molecule has 1 aromatic rings. The van der Waals surface area contributed by atoms with Gasteiger partial charge in [0, 0.05) is 24.4 Å². The molecule has 136 valence electrons. The van der Waals surface area contributed by atoms with Gasteiger partial charge < -0.3 is 20.3 Å². The first kappa shape index (κ1) is 19.1. The highest BCUT2D eigenvalue weighted by Gasteiger charge is 2.39. The number of hydrogen-bond acceptors (Lipinski definition) is 3. The predicted molar refractivity (Wildman–Crippen MR) is 95.2 cm³/mol. The minimum atomic E-state index is -2.96. The number of thiocarbonyl (C=S) groups is 1. The fourth-order valence-corrected chi connectivity index (χ4v) is 3.17. The van der Waals surface area contributed by atoms with E-state index < -0.39 is 18.6 Å². The quantitative estimate of drug-likeness (QED) is 0.756. The highest BCUT2D eigenvalue weighted by atomic mass is 32.1. The lowest BCUT2D eigenvalue weighted by Crippen LogP contribution is -2.53. The molecule has 2 N–H and O–H groups in total. The summed E-state index contributed by atoms with van der Waals surface area (Å²) in [4.78, 5) is 14.6. The summed E-state index contributed by atoms with van der Waals surface area (Å²) < 4.78 is 30.1. The molecule has 1 fully saturated rings. The van der Waals surface area contributed by atoms with Crippen molar-refractivity contribution in [2.75, 3.05) is 13.1 Å². The first-order chi connectivity index (χ1) is 11.9. The second kappa shape index (κ2) is 8.24. The number of para-hydroxylation sites is 1. The predicted octanol–water partition coefficient (Wildman–Crippen LogP) is 2.81. The smallest absolute Gasteiger partial charge is 0.387 e. The Kier molecular flexibility index (Phi) is 6.30. The molecule has 2 rings (SSSR count). The molecule has 2 atom stereocenters. The number of carbonyl (C=O) groups is 1. The molecular weight excluding hydrogens is 348 g/mol. The first-order valence-electron chi connectivity index (χ1n) is 7.97. The highest BCUT2D eigenvalue weighted by molar-refractivity contribution is 7.80. The molecule has 0 spiro atoms. The molecule has 0 radical (unpaired) electrons. The molecule has 0 bridgehead atoms. The van der Waals surface area contributed by atoms with Gasteiger partial charge in [0.2, 0.25) is 5.91 Å². The maximum absolute atomic E-state index is 12.9. The van der Waals surface area contributed by atoms with Crippen molar-refractivity contribution in [2.45, 2.75) is 26.5 Å². The molecule has 8 heteroatoms. The number of rotatable bonds is 6. The van der Waals surface area contributed by atoms with E-state index in [1.165, 1.54) is 6.07 Å². The van der Waals surface area contributed by atoms with Gasteiger partial charge in [0.05, 0.1) is 6.04 Å². The van der Waals surface area contributed by atoms with Crippen molar-refractivity contribution in [1.29, 1.82) is 0 Å². The SMILES string of the molecule is C=C1NC(=S)N[C@H](c2ccccc2OC(F)F)[C@@H]1C(=O)N(CC)CC. The summed E-state index contributed by atoms with van der Waals surface area (Å²) in [6.07, 6.45) is 0. The number of ether oxygens (including phenoxy) is 1. The summed E-state index contributed by atoms with van der Waals surface area (Å²) in [7, 11) is 0. The van der Waals surface area contributed by atoms with Crippen LogP contribution in [0, 0.1) is 5.92 Å². The molecule has 25 heavy (non-hydrogen) atoms. The molecule has 5 nitrogen and oxygen atoms in total. The van der Waals surface area contributed by atoms with Gasteiger partial charge in [-0.1, -0.05) is 24.8 Å². The zero-order valence-electron chi connectivity index (χ0n) is 14.1. The van der Waals surface area contributed by atoms with Crippen LogP contribution in [-0.4, -0.2) is 35.6 Å². The first-order valence-corrected chi connectivity index (χ1v) is 8.38. The van der Waals surface area contributed by atoms with Crippen molar-refractivity contribution in [1.82, 2.24) is 15.5 Å². The number of nitrogens with one attached hydrogen (secondary N) is 2. The number of carbonyl (C=O) groups excluding carboxylic acids is 1. The summed E-state index contributed by atoms with van der Waals surface area (Å²) in [6.45, 7) is 5.77. The van der Waals surface area contributed by atoms with Crippen molar-refractivity contribution >= 4 is 23.2 Å². The molecule has 1 saturated heterocycles. The topological polar surface area (TPSA) is 53.6 Å². The molecule has 0 aromatic heterocycles. The Morgan fingerprint density at radius 1 is 1.36 bits per heavy atom. The van der Waals surface area contributed by atoms with Crippen LogP contribution in [0.5, 0.6) is 5.75 Å². The number of amides is 1. The molecule has 1 heterocycles. The van der Waals surface area contributed by atoms with E-state index in [4.69, 9.17) is 12.2 Å². The summed E-state index contributed by atoms with van der Waals surface area (Å²) in [5, 5.41) is 6.14. The minimum Gasteiger partial charge on any atom is -0.434 e. The van der Waals surface area contributed by atoms with Gasteiger partial charge in [-0.2, -0.15) is 8.78 Å². The second-order valence-electron chi connectivity index (χ2n) is 5.51. The van der Waals surface area contributed by atoms with Gasteiger partial charge in [0.1, 0.15) is 11.7 Å². The number of benzene rings is 1. The van der Waals surface area contributed by atoms with Crippen molar-refractivity contribution < 1.29 is 18.3 Å². The van der Waals surface area contributed by atoms with Crippen molar-refractivity contribution in [3.8, 4) is 5.75 Å². The third-order valence-corrected chi connectivity index (χ3v) is 4.30. The van der Waals surface area contributed by atoms with Crippen LogP contribution in [0.2, 0.25) is 0 Å². The fourth-order valence-electron chi connectivity index (χ4n) is 2.91. The van der Waals surface area contributed by atoms with E-state index in [2.05, 4.69) is 21.9 Å². The Morgan fingerprint density at radius 3 is 2.60 bits per heavy atom. The monoisotopic (exact) mass is 369 g/mol. The lowest BCUT2D eigenvalue weighted by Gasteiger charge is -2.38. The second-order valence-corrected chi connectivity index (χ2v) is 5.91. The zero-order chi connectivity index (χ0) is 18.6. The van der Waals surface area contributed by atoms with Gasteiger partial charge in [-0.25, -0.2) is 0 Å². The Morgan fingerprint density at radius 2 is 2.00 bits per heavy atom. The zero-order valence-corrected chi connectivity index (χ0v) is 14.9. The van der Waals surface area contributed by atoms with Crippen LogP contribution in [-0.2, 0) is 4.79 Å². The molecule has 1 aliphatic rings. The van der Waals surface area contributed by atoms with Crippen molar-refractivity contribution in [3.05, 3.63) is 42.1 Å². The van der Waals surface area contributed by atoms with Crippen LogP contribution < -0.4 is 15.4 Å². The Labute approximate surface area is 151 Å². The van der Waals surface area contributed by atoms with E-state index in [0.717, 1.165) is 0 Å². The maximum atomic E-state index is 12.9. The van der Waals surface area contributed by atoms with E-state index in [1.807, 2.05) is 13.8 Å². The van der Waals surface area contributed by atoms with E-state index >= 15 is 0 Å². The van der Waals surface area contributed by atoms with Gasteiger partial charge in [0.25, 0.3) is 0 Å². The Bertz CT molecular complexity index is 665. The third-order valence-electron chi connectivity index (χ3n) is 4.08. The van der Waals surface area contributed by atoms with Gasteiger partial charge in [-0.15, -0.1) is 0 Å². The van der Waals surface area contributed by atoms with Crippen LogP contribution in [0.4, 0.5) is 8.78 Å². The lowest BCUT2D eigenvalue weighted by atomic mass is 9.87. The molecule has 1 aromatic carbocycles. The van der Waals surface area contributed by atoms with E-state index in [-0.39, 0.29) is 16.8 Å². The average Bonchev–Trinajstić information content (AvgIpc) is 2.55. The standard InChI is InChI=1S/C17H21F2N3O2S/c1-4-22(5-2)15(23)13-10(3)20-17(25)21-14(13)11-8-6-7-9-12(11)24-16(18)19/h6-9,13-14,16H,3-5H2,1-2H3,(H2,20,21,25)/t13-,14-/m1/s1. The maximum Gasteiger partial charge on any atom is 0.387 e. The van der Waals surface area contributed by atoms with Gasteiger partial charge in [-0.3, -0.25) is 4.79 Å². The summed E-state index contributed by atoms with van der Waals surface area (Å²) in [5.41, 5.74) is 0.857. The minimum absolute atomic E-state index is 0.00449. The average molecular weight is 369 g/mol. The van der Waals surface area contributed by atoms with Crippen LogP contribution >= 0.6 is 12.2 Å². The molecular formula is C17H21F2N3O2S. The molecule has 0 aliphatic carbocycles. The molecule has 0 unspecified atom stereocenters. The van der Waals surface area contributed by atoms with Crippen LogP contribution in [0.15, 0.2) is 36.5 Å². The van der Waals surface area contributed by atoms with Crippen LogP contribution in [0.1, 0.15) is 25.5 Å². The van der Waals surface area contributed by atoms with Gasteiger partial charge >= 0.3 is 6.61 Å². The van der Waals surface area contributed by atoms with Crippen molar-refractivity contribution in [2.24, 2.45) is 5.92 Å². The molecule has 1 amide bonds. The number of nitrogens with zero attached hydrogens (tertiary/aromatic N) is 1. The largest absolute Gasteiger partial charge is 0.434 e. The summed E-state index contributed by atoms with van der Waals surface area (Å²) >= 11 is 5.16. The van der Waals surface area contributed by atoms with Gasteiger partial charge in [-0.05, 0) is 32.1 Å². The van der Waals surface area contributed by atoms with E-state index in [9.17, 15) is 13.6 Å².